The van der Waals surface area contributed by atoms with Crippen molar-refractivity contribution in [2.75, 3.05) is 32.8 Å². The molecule has 0 bridgehead atoms. The molecule has 0 spiro atoms. The van der Waals surface area contributed by atoms with E-state index in [0.717, 1.165) is 11.3 Å². The van der Waals surface area contributed by atoms with Crippen LogP contribution >= 0.6 is 0 Å². The first-order chi connectivity index (χ1) is 8.63. The van der Waals surface area contributed by atoms with E-state index in [2.05, 4.69) is 0 Å². The molecule has 0 heterocycles. The van der Waals surface area contributed by atoms with Crippen molar-refractivity contribution in [3.8, 4) is 5.75 Å². The number of rotatable bonds is 8. The smallest absolute Gasteiger partial charge is 0.251 e. The van der Waals surface area contributed by atoms with Crippen LogP contribution < -0.4 is 4.74 Å². The summed E-state index contributed by atoms with van der Waals surface area (Å²) in [4.78, 5) is 1.49. The normalized spacial score (nSPS) is 11.2. The lowest BCUT2D eigenvalue weighted by atomic mass is 10.2. The zero-order valence-electron chi connectivity index (χ0n) is 10.5. The molecular weight excluding hydrogens is 240 g/mol. The molecule has 0 aromatic heterocycles. The van der Waals surface area contributed by atoms with Gasteiger partial charge in [-0.25, -0.2) is 8.78 Å². The summed E-state index contributed by atoms with van der Waals surface area (Å²) in [7, 11) is 0. The Morgan fingerprint density at radius 3 is 2.61 bits per heavy atom. The van der Waals surface area contributed by atoms with Gasteiger partial charge in [-0.3, -0.25) is 4.90 Å². The minimum absolute atomic E-state index is 0.128. The summed E-state index contributed by atoms with van der Waals surface area (Å²) in [5.74, 6) is 0.762. The maximum atomic E-state index is 12.3. The molecule has 102 valence electrons. The molecule has 1 aromatic carbocycles. The summed E-state index contributed by atoms with van der Waals surface area (Å²) in [6.45, 7) is 2.41. The molecule has 0 atom stereocenters. The van der Waals surface area contributed by atoms with E-state index in [1.54, 1.807) is 0 Å². The predicted molar refractivity (Wildman–Crippen MR) is 66.2 cm³/mol. The number of nitrogens with zero attached hydrogens (tertiary/aromatic N) is 1. The van der Waals surface area contributed by atoms with Gasteiger partial charge in [-0.2, -0.15) is 0 Å². The summed E-state index contributed by atoms with van der Waals surface area (Å²) in [6, 6.07) is 7.56. The van der Waals surface area contributed by atoms with Gasteiger partial charge in [0.2, 0.25) is 0 Å². The minimum Gasteiger partial charge on any atom is -0.492 e. The zero-order chi connectivity index (χ0) is 13.4. The molecule has 0 aliphatic heterocycles. The van der Waals surface area contributed by atoms with E-state index in [1.165, 1.54) is 4.90 Å². The molecule has 1 rings (SSSR count). The molecule has 3 nitrogen and oxygen atoms in total. The number of hydrogen-bond donors (Lipinski definition) is 1. The second-order valence-electron chi connectivity index (χ2n) is 4.03. The highest BCUT2D eigenvalue weighted by Gasteiger charge is 2.11. The first kappa shape index (κ1) is 14.9. The van der Waals surface area contributed by atoms with Crippen LogP contribution in [-0.4, -0.2) is 49.3 Å². The van der Waals surface area contributed by atoms with Crippen molar-refractivity contribution < 1.29 is 18.6 Å². The number of aryl methyl sites for hydroxylation is 1. The van der Waals surface area contributed by atoms with Crippen molar-refractivity contribution in [3.63, 3.8) is 0 Å². The predicted octanol–water partition coefficient (Wildman–Crippen LogP) is 1.93. The van der Waals surface area contributed by atoms with Gasteiger partial charge in [-0.15, -0.1) is 0 Å². The van der Waals surface area contributed by atoms with Crippen molar-refractivity contribution in [1.29, 1.82) is 0 Å². The van der Waals surface area contributed by atoms with Gasteiger partial charge in [0.1, 0.15) is 12.4 Å². The van der Waals surface area contributed by atoms with Crippen LogP contribution in [-0.2, 0) is 0 Å². The first-order valence-corrected chi connectivity index (χ1v) is 5.93. The first-order valence-electron chi connectivity index (χ1n) is 5.93. The summed E-state index contributed by atoms with van der Waals surface area (Å²) in [5.41, 5.74) is 1.01. The summed E-state index contributed by atoms with van der Waals surface area (Å²) in [5, 5.41) is 8.78. The van der Waals surface area contributed by atoms with Gasteiger partial charge in [-0.05, 0) is 18.6 Å². The maximum Gasteiger partial charge on any atom is 0.251 e. The van der Waals surface area contributed by atoms with Crippen LogP contribution in [0, 0.1) is 6.92 Å². The quantitative estimate of drug-likeness (QED) is 0.774. The number of para-hydroxylation sites is 1. The van der Waals surface area contributed by atoms with Gasteiger partial charge in [-0.1, -0.05) is 18.2 Å². The van der Waals surface area contributed by atoms with Crippen LogP contribution in [0.25, 0.3) is 0 Å². The lowest BCUT2D eigenvalue weighted by molar-refractivity contribution is 0.0708. The number of hydrogen-bond acceptors (Lipinski definition) is 3. The molecule has 0 fully saturated rings. The summed E-state index contributed by atoms with van der Waals surface area (Å²) in [6.07, 6.45) is -2.39. The van der Waals surface area contributed by atoms with E-state index in [0.29, 0.717) is 13.2 Å². The zero-order valence-corrected chi connectivity index (χ0v) is 10.5. The third kappa shape index (κ3) is 5.42. The number of halogens is 2. The van der Waals surface area contributed by atoms with Gasteiger partial charge < -0.3 is 9.84 Å². The summed E-state index contributed by atoms with van der Waals surface area (Å²) >= 11 is 0. The molecule has 0 radical (unpaired) electrons. The highest BCUT2D eigenvalue weighted by atomic mass is 19.3. The molecule has 0 saturated heterocycles. The SMILES string of the molecule is Cc1ccccc1OCCN(CCO)CC(F)F. The van der Waals surface area contributed by atoms with Crippen molar-refractivity contribution >= 4 is 0 Å². The van der Waals surface area contributed by atoms with Gasteiger partial charge >= 0.3 is 0 Å². The minimum atomic E-state index is -2.39. The Morgan fingerprint density at radius 1 is 1.28 bits per heavy atom. The monoisotopic (exact) mass is 259 g/mol. The van der Waals surface area contributed by atoms with Crippen LogP contribution in [0.3, 0.4) is 0 Å². The van der Waals surface area contributed by atoms with Crippen LogP contribution in [0.2, 0.25) is 0 Å². The van der Waals surface area contributed by atoms with Crippen LogP contribution in [0.5, 0.6) is 5.75 Å². The molecule has 1 aromatic rings. The van der Waals surface area contributed by atoms with Crippen molar-refractivity contribution in [2.45, 2.75) is 13.3 Å². The molecule has 1 N–H and O–H groups in total. The molecule has 18 heavy (non-hydrogen) atoms. The Balaban J connectivity index is 2.36. The standard InChI is InChI=1S/C13H19F2NO2/c1-11-4-2-3-5-12(11)18-9-7-16(6-8-17)10-13(14)15/h2-5,13,17H,6-10H2,1H3. The molecule has 0 aliphatic carbocycles. The number of ether oxygens (including phenoxy) is 1. The summed E-state index contributed by atoms with van der Waals surface area (Å²) < 4.78 is 30.0. The number of benzene rings is 1. The lowest BCUT2D eigenvalue weighted by Crippen LogP contribution is -2.35. The van der Waals surface area contributed by atoms with E-state index < -0.39 is 6.43 Å². The van der Waals surface area contributed by atoms with Gasteiger partial charge in [0.25, 0.3) is 6.43 Å². The topological polar surface area (TPSA) is 32.7 Å². The number of aliphatic hydroxyl groups excluding tert-OH is 1. The lowest BCUT2D eigenvalue weighted by Gasteiger charge is -2.21. The Bertz CT molecular complexity index is 348. The second kappa shape index (κ2) is 8.00. The van der Waals surface area contributed by atoms with E-state index in [1.807, 2.05) is 31.2 Å². The third-order valence-corrected chi connectivity index (χ3v) is 2.57. The van der Waals surface area contributed by atoms with E-state index in [4.69, 9.17) is 9.84 Å². The average Bonchev–Trinajstić information content (AvgIpc) is 2.31. The van der Waals surface area contributed by atoms with Crippen LogP contribution in [0.4, 0.5) is 8.78 Å². The Kier molecular flexibility index (Phi) is 6.60. The number of alkyl halides is 2. The fourth-order valence-electron chi connectivity index (χ4n) is 1.63. The van der Waals surface area contributed by atoms with Crippen LogP contribution in [0.15, 0.2) is 24.3 Å². The van der Waals surface area contributed by atoms with Crippen molar-refractivity contribution in [1.82, 2.24) is 4.90 Å². The second-order valence-corrected chi connectivity index (χ2v) is 4.03. The third-order valence-electron chi connectivity index (χ3n) is 2.57. The average molecular weight is 259 g/mol. The Morgan fingerprint density at radius 2 is 2.00 bits per heavy atom. The Hall–Kier alpha value is -1.20. The number of aliphatic hydroxyl groups is 1. The van der Waals surface area contributed by atoms with Gasteiger partial charge in [0.15, 0.2) is 0 Å². The maximum absolute atomic E-state index is 12.3. The van der Waals surface area contributed by atoms with E-state index in [9.17, 15) is 8.78 Å². The largest absolute Gasteiger partial charge is 0.492 e. The molecule has 0 amide bonds. The molecule has 0 saturated carbocycles. The molecule has 0 aliphatic rings. The van der Waals surface area contributed by atoms with Gasteiger partial charge in [0, 0.05) is 13.1 Å². The van der Waals surface area contributed by atoms with Crippen molar-refractivity contribution in [3.05, 3.63) is 29.8 Å². The highest BCUT2D eigenvalue weighted by molar-refractivity contribution is 5.31. The fraction of sp³-hybridized carbons (Fsp3) is 0.538. The molecule has 0 unspecified atom stereocenters. The van der Waals surface area contributed by atoms with E-state index in [-0.39, 0.29) is 19.7 Å². The highest BCUT2D eigenvalue weighted by Crippen LogP contribution is 2.15. The van der Waals surface area contributed by atoms with Crippen molar-refractivity contribution in [2.24, 2.45) is 0 Å². The molecular formula is C13H19F2NO2. The molecule has 5 heteroatoms. The van der Waals surface area contributed by atoms with Gasteiger partial charge in [0.05, 0.1) is 13.2 Å². The van der Waals surface area contributed by atoms with E-state index >= 15 is 0 Å². The Labute approximate surface area is 106 Å². The fourth-order valence-corrected chi connectivity index (χ4v) is 1.63. The van der Waals surface area contributed by atoms with Crippen LogP contribution in [0.1, 0.15) is 5.56 Å².